The number of amides is 1. The second kappa shape index (κ2) is 14.0. The number of ether oxygens (including phenoxy) is 1. The highest BCUT2D eigenvalue weighted by Crippen LogP contribution is 2.36. The third-order valence-electron chi connectivity index (χ3n) is 8.41. The Labute approximate surface area is 225 Å². The maximum atomic E-state index is 13.6. The van der Waals surface area contributed by atoms with Gasteiger partial charge in [0.2, 0.25) is 5.91 Å². The number of hydrogen-bond acceptors (Lipinski definition) is 3. The molecule has 1 saturated heterocycles. The molecule has 0 N–H and O–H groups in total. The Hall–Kier alpha value is -2.27. The number of nitrogens with zero attached hydrogens (tertiary/aromatic N) is 3. The first kappa shape index (κ1) is 27.8. The molecule has 0 bridgehead atoms. The molecule has 2 aliphatic heterocycles. The quantitative estimate of drug-likeness (QED) is 0.260. The summed E-state index contributed by atoms with van der Waals surface area (Å²) in [6, 6.07) is 9.46. The van der Waals surface area contributed by atoms with Gasteiger partial charge in [-0.15, -0.1) is 0 Å². The van der Waals surface area contributed by atoms with Crippen molar-refractivity contribution in [3.05, 3.63) is 53.3 Å². The molecule has 204 valence electrons. The lowest BCUT2D eigenvalue weighted by molar-refractivity contribution is -0.132. The molecule has 2 atom stereocenters. The van der Waals surface area contributed by atoms with Crippen molar-refractivity contribution in [2.45, 2.75) is 103 Å². The molecule has 1 amide bonds. The average molecular weight is 508 g/mol. The summed E-state index contributed by atoms with van der Waals surface area (Å²) >= 11 is 0. The summed E-state index contributed by atoms with van der Waals surface area (Å²) in [6.45, 7) is 11.8. The lowest BCUT2D eigenvalue weighted by Gasteiger charge is -2.29. The van der Waals surface area contributed by atoms with Gasteiger partial charge in [0, 0.05) is 51.0 Å². The van der Waals surface area contributed by atoms with Crippen LogP contribution in [0.15, 0.2) is 36.7 Å². The molecule has 1 aromatic carbocycles. The van der Waals surface area contributed by atoms with Gasteiger partial charge in [0.25, 0.3) is 0 Å². The van der Waals surface area contributed by atoms with Crippen LogP contribution in [0.2, 0.25) is 0 Å². The van der Waals surface area contributed by atoms with Gasteiger partial charge in [0.15, 0.2) is 0 Å². The van der Waals surface area contributed by atoms with Crippen LogP contribution in [-0.4, -0.2) is 59.1 Å². The van der Waals surface area contributed by atoms with E-state index in [0.29, 0.717) is 24.4 Å². The Bertz CT molecular complexity index is 984. The maximum Gasteiger partial charge on any atom is 0.236 e. The lowest BCUT2D eigenvalue weighted by atomic mass is 9.93. The van der Waals surface area contributed by atoms with E-state index in [1.54, 1.807) is 0 Å². The number of carbonyl (C=O) groups excluding carboxylic acids is 1. The van der Waals surface area contributed by atoms with Gasteiger partial charge in [-0.2, -0.15) is 0 Å². The van der Waals surface area contributed by atoms with E-state index in [2.05, 4.69) is 71.8 Å². The van der Waals surface area contributed by atoms with E-state index in [-0.39, 0.29) is 0 Å². The number of likely N-dealkylation sites (tertiary alicyclic amines) is 1. The number of rotatable bonds is 15. The van der Waals surface area contributed by atoms with Crippen LogP contribution in [0.1, 0.15) is 94.7 Å². The van der Waals surface area contributed by atoms with Crippen LogP contribution in [-0.2, 0) is 24.2 Å². The van der Waals surface area contributed by atoms with E-state index in [1.807, 2.05) is 0 Å². The summed E-state index contributed by atoms with van der Waals surface area (Å²) in [5.41, 5.74) is 4.16. The molecule has 5 heteroatoms. The van der Waals surface area contributed by atoms with Gasteiger partial charge in [0.1, 0.15) is 5.75 Å². The van der Waals surface area contributed by atoms with Crippen LogP contribution in [0.5, 0.6) is 5.75 Å². The summed E-state index contributed by atoms with van der Waals surface area (Å²) < 4.78 is 8.09. The second-order valence-corrected chi connectivity index (χ2v) is 11.2. The number of benzene rings is 1. The van der Waals surface area contributed by atoms with Crippen molar-refractivity contribution >= 4 is 5.91 Å². The van der Waals surface area contributed by atoms with Crippen LogP contribution >= 0.6 is 0 Å². The number of hydrogen-bond donors (Lipinski definition) is 0. The molecule has 5 nitrogen and oxygen atoms in total. The molecule has 1 aromatic heterocycles. The van der Waals surface area contributed by atoms with Crippen LogP contribution in [0.3, 0.4) is 0 Å². The van der Waals surface area contributed by atoms with Crippen molar-refractivity contribution in [2.75, 3.05) is 32.8 Å². The minimum Gasteiger partial charge on any atom is -0.493 e. The molecule has 0 spiro atoms. The largest absolute Gasteiger partial charge is 0.493 e. The molecule has 0 unspecified atom stereocenters. The normalized spacial score (nSPS) is 19.2. The fourth-order valence-electron chi connectivity index (χ4n) is 6.03. The van der Waals surface area contributed by atoms with Crippen LogP contribution in [0, 0.1) is 0 Å². The van der Waals surface area contributed by atoms with Gasteiger partial charge < -0.3 is 14.2 Å². The van der Waals surface area contributed by atoms with E-state index in [4.69, 9.17) is 4.74 Å². The number of aromatic nitrogens is 1. The molecule has 0 saturated carbocycles. The minimum atomic E-state index is 0.326. The zero-order chi connectivity index (χ0) is 26.0. The molecule has 0 aliphatic carbocycles. The van der Waals surface area contributed by atoms with Crippen LogP contribution < -0.4 is 4.74 Å². The standard InChI is InChI=1S/C32H49N3O2/c1-4-7-9-10-17-34(16-8-5-2)32(36)25-35-24-29(27-11-12-31-28(21-27)15-20-37-31)22-30(35)14-19-33-18-13-26(6-3)23-33/h11-13,18,21,23,29-30H,4-10,14-17,19-20,22,24-25H2,1-3H3/t29-,30+/m1/s1. The first-order chi connectivity index (χ1) is 18.1. The molecule has 0 radical (unpaired) electrons. The fourth-order valence-corrected chi connectivity index (χ4v) is 6.03. The summed E-state index contributed by atoms with van der Waals surface area (Å²) in [5, 5.41) is 0. The van der Waals surface area contributed by atoms with Crippen molar-refractivity contribution in [2.24, 2.45) is 0 Å². The fraction of sp³-hybridized carbons (Fsp3) is 0.656. The third-order valence-corrected chi connectivity index (χ3v) is 8.41. The van der Waals surface area contributed by atoms with Crippen molar-refractivity contribution in [3.8, 4) is 5.75 Å². The predicted octanol–water partition coefficient (Wildman–Crippen LogP) is 6.44. The molecule has 4 rings (SSSR count). The predicted molar refractivity (Wildman–Crippen MR) is 152 cm³/mol. The number of unbranched alkanes of at least 4 members (excludes halogenated alkanes) is 4. The molecule has 2 aromatic rings. The highest BCUT2D eigenvalue weighted by atomic mass is 16.5. The summed E-state index contributed by atoms with van der Waals surface area (Å²) in [5.74, 6) is 1.86. The van der Waals surface area contributed by atoms with Crippen molar-refractivity contribution < 1.29 is 9.53 Å². The van der Waals surface area contributed by atoms with E-state index in [1.165, 1.54) is 36.0 Å². The topological polar surface area (TPSA) is 37.7 Å². The van der Waals surface area contributed by atoms with Crippen molar-refractivity contribution in [3.63, 3.8) is 0 Å². The highest BCUT2D eigenvalue weighted by molar-refractivity contribution is 5.78. The molecular weight excluding hydrogens is 458 g/mol. The molecular formula is C32H49N3O2. The third kappa shape index (κ3) is 7.63. The van der Waals surface area contributed by atoms with Gasteiger partial charge in [-0.25, -0.2) is 0 Å². The average Bonchev–Trinajstić information content (AvgIpc) is 3.66. The van der Waals surface area contributed by atoms with Gasteiger partial charge >= 0.3 is 0 Å². The SMILES string of the molecule is CCCCCCN(CCCC)C(=O)CN1C[C@H](c2ccc3c(c2)CCO3)C[C@@H]1CCn1ccc(CC)c1. The van der Waals surface area contributed by atoms with E-state index in [0.717, 1.165) is 83.5 Å². The van der Waals surface area contributed by atoms with E-state index in [9.17, 15) is 4.79 Å². The Balaban J connectivity index is 1.43. The Morgan fingerprint density at radius 3 is 2.68 bits per heavy atom. The number of carbonyl (C=O) groups is 1. The summed E-state index contributed by atoms with van der Waals surface area (Å²) in [4.78, 5) is 18.3. The smallest absolute Gasteiger partial charge is 0.236 e. The Morgan fingerprint density at radius 2 is 1.89 bits per heavy atom. The minimum absolute atomic E-state index is 0.326. The maximum absolute atomic E-state index is 13.6. The monoisotopic (exact) mass is 507 g/mol. The first-order valence-corrected chi connectivity index (χ1v) is 15.0. The van der Waals surface area contributed by atoms with Crippen molar-refractivity contribution in [1.29, 1.82) is 0 Å². The van der Waals surface area contributed by atoms with E-state index >= 15 is 0 Å². The Morgan fingerprint density at radius 1 is 1.05 bits per heavy atom. The molecule has 37 heavy (non-hydrogen) atoms. The first-order valence-electron chi connectivity index (χ1n) is 15.0. The van der Waals surface area contributed by atoms with Gasteiger partial charge in [0.05, 0.1) is 13.2 Å². The number of fused-ring (bicyclic) bond motifs is 1. The van der Waals surface area contributed by atoms with E-state index < -0.39 is 0 Å². The Kier molecular flexibility index (Phi) is 10.5. The zero-order valence-corrected chi connectivity index (χ0v) is 23.6. The van der Waals surface area contributed by atoms with Crippen LogP contribution in [0.4, 0.5) is 0 Å². The summed E-state index contributed by atoms with van der Waals surface area (Å²) in [7, 11) is 0. The highest BCUT2D eigenvalue weighted by Gasteiger charge is 2.35. The second-order valence-electron chi connectivity index (χ2n) is 11.2. The number of aryl methyl sites for hydroxylation is 2. The molecule has 3 heterocycles. The molecule has 2 aliphatic rings. The van der Waals surface area contributed by atoms with Gasteiger partial charge in [-0.3, -0.25) is 9.69 Å². The van der Waals surface area contributed by atoms with Gasteiger partial charge in [-0.05, 0) is 66.8 Å². The van der Waals surface area contributed by atoms with Crippen LogP contribution in [0.25, 0.3) is 0 Å². The van der Waals surface area contributed by atoms with Gasteiger partial charge in [-0.1, -0.05) is 58.6 Å². The summed E-state index contributed by atoms with van der Waals surface area (Å²) in [6.07, 6.45) is 15.9. The molecule has 1 fully saturated rings. The lowest BCUT2D eigenvalue weighted by Crippen LogP contribution is -2.43. The zero-order valence-electron chi connectivity index (χ0n) is 23.6. The van der Waals surface area contributed by atoms with Crippen molar-refractivity contribution in [1.82, 2.24) is 14.4 Å².